The second kappa shape index (κ2) is 12.7. The fraction of sp³-hybridized carbons (Fsp3) is 0.107. The molecule has 0 atom stereocenters. The number of benzene rings is 3. The smallest absolute Gasteiger partial charge is 0.344 e. The van der Waals surface area contributed by atoms with Gasteiger partial charge in [-0.25, -0.2) is 9.79 Å². The second-order valence-electron chi connectivity index (χ2n) is 7.86. The number of aliphatic hydroxyl groups is 1. The lowest BCUT2D eigenvalue weighted by atomic mass is 10.1. The van der Waals surface area contributed by atoms with Crippen LogP contribution in [0.4, 0.5) is 0 Å². The second-order valence-corrected chi connectivity index (χ2v) is 10.6. The van der Waals surface area contributed by atoms with Crippen LogP contribution in [0, 0.1) is 0 Å². The highest BCUT2D eigenvalue weighted by Crippen LogP contribution is 2.40. The minimum Gasteiger partial charge on any atom is -0.506 e. The Labute approximate surface area is 242 Å². The lowest BCUT2D eigenvalue weighted by Crippen LogP contribution is -2.14. The number of esters is 1. The maximum absolute atomic E-state index is 12.7. The van der Waals surface area contributed by atoms with Gasteiger partial charge in [-0.3, -0.25) is 4.79 Å². The monoisotopic (exact) mass is 631 g/mol. The predicted molar refractivity (Wildman–Crippen MR) is 155 cm³/mol. The largest absolute Gasteiger partial charge is 0.506 e. The van der Waals surface area contributed by atoms with Gasteiger partial charge in [-0.1, -0.05) is 65.3 Å². The van der Waals surface area contributed by atoms with Crippen LogP contribution in [0.25, 0.3) is 6.08 Å². The summed E-state index contributed by atoms with van der Waals surface area (Å²) in [5.41, 5.74) is 1.71. The zero-order valence-electron chi connectivity index (χ0n) is 19.9. The number of aliphatic imine (C=N–C) groups is 1. The first-order valence-corrected chi connectivity index (χ1v) is 13.7. The van der Waals surface area contributed by atoms with E-state index in [2.05, 4.69) is 20.9 Å². The number of rotatable bonds is 7. The first kappa shape index (κ1) is 28.0. The van der Waals surface area contributed by atoms with Gasteiger partial charge < -0.3 is 14.6 Å². The zero-order chi connectivity index (χ0) is 27.2. The average molecular weight is 633 g/mol. The molecule has 6 nitrogen and oxygen atoms in total. The van der Waals surface area contributed by atoms with E-state index in [1.165, 1.54) is 0 Å². The Bertz CT molecular complexity index is 1490. The third-order valence-electron chi connectivity index (χ3n) is 5.25. The number of hydrogen-bond acceptors (Lipinski definition) is 6. The van der Waals surface area contributed by atoms with Gasteiger partial charge in [-0.2, -0.15) is 0 Å². The molecule has 3 aromatic rings. The van der Waals surface area contributed by atoms with Crippen molar-refractivity contribution in [1.82, 2.24) is 0 Å². The normalized spacial score (nSPS) is 15.3. The van der Waals surface area contributed by atoms with Crippen LogP contribution in [0.3, 0.4) is 0 Å². The van der Waals surface area contributed by atoms with Crippen molar-refractivity contribution in [1.29, 1.82) is 0 Å². The minimum absolute atomic E-state index is 0.0694. The molecule has 0 radical (unpaired) electrons. The standard InChI is InChI=1S/C28H20BrCl2NO5S/c1-2-36-28(35)24-25(33)23(38-27(24)32-26(34)17-6-4-3-5-7-17)13-16-8-11-22(20(29)12-16)37-15-18-9-10-19(30)14-21(18)31/h3-14,33H,2,15H2,1H3/b23-13-,32-27?. The summed E-state index contributed by atoms with van der Waals surface area (Å²) in [4.78, 5) is 29.7. The summed E-state index contributed by atoms with van der Waals surface area (Å²) in [6, 6.07) is 19.0. The molecule has 0 bridgehead atoms. The van der Waals surface area contributed by atoms with Crippen molar-refractivity contribution >= 4 is 73.9 Å². The van der Waals surface area contributed by atoms with Crippen LogP contribution >= 0.6 is 50.9 Å². The van der Waals surface area contributed by atoms with Crippen molar-refractivity contribution in [3.8, 4) is 5.75 Å². The van der Waals surface area contributed by atoms with Crippen LogP contribution in [-0.4, -0.2) is 28.6 Å². The van der Waals surface area contributed by atoms with Gasteiger partial charge in [0, 0.05) is 21.2 Å². The lowest BCUT2D eigenvalue weighted by Gasteiger charge is -2.10. The van der Waals surface area contributed by atoms with Crippen molar-refractivity contribution in [2.45, 2.75) is 13.5 Å². The number of hydrogen-bond donors (Lipinski definition) is 1. The van der Waals surface area contributed by atoms with Gasteiger partial charge in [0.15, 0.2) is 0 Å². The Morgan fingerprint density at radius 1 is 1.08 bits per heavy atom. The average Bonchev–Trinajstić information content (AvgIpc) is 3.19. The van der Waals surface area contributed by atoms with Gasteiger partial charge >= 0.3 is 5.97 Å². The van der Waals surface area contributed by atoms with E-state index in [1.807, 2.05) is 0 Å². The third-order valence-corrected chi connectivity index (χ3v) is 7.47. The van der Waals surface area contributed by atoms with Crippen molar-refractivity contribution in [3.05, 3.63) is 114 Å². The van der Waals surface area contributed by atoms with Crippen LogP contribution in [0.1, 0.15) is 28.4 Å². The van der Waals surface area contributed by atoms with E-state index < -0.39 is 11.9 Å². The molecule has 0 spiro atoms. The van der Waals surface area contributed by atoms with Gasteiger partial charge in [-0.05, 0) is 70.9 Å². The molecule has 0 aromatic heterocycles. The quantitative estimate of drug-likeness (QED) is 0.265. The number of amides is 1. The van der Waals surface area contributed by atoms with Crippen molar-refractivity contribution in [3.63, 3.8) is 0 Å². The Hall–Kier alpha value is -3.04. The molecule has 38 heavy (non-hydrogen) atoms. The maximum atomic E-state index is 12.7. The van der Waals surface area contributed by atoms with E-state index in [4.69, 9.17) is 32.7 Å². The molecule has 0 unspecified atom stereocenters. The van der Waals surface area contributed by atoms with Gasteiger partial charge in [0.25, 0.3) is 5.91 Å². The fourth-order valence-corrected chi connectivity index (χ4v) is 5.39. The zero-order valence-corrected chi connectivity index (χ0v) is 23.8. The number of aliphatic hydroxyl groups excluding tert-OH is 1. The van der Waals surface area contributed by atoms with E-state index in [1.54, 1.807) is 79.7 Å². The SMILES string of the molecule is CCOC(=O)C1=C(O)/C(=C/c2ccc(OCc3ccc(Cl)cc3Cl)c(Br)c2)SC1=NC(=O)c1ccccc1. The summed E-state index contributed by atoms with van der Waals surface area (Å²) in [5.74, 6) is -1.01. The molecule has 1 heterocycles. The van der Waals surface area contributed by atoms with E-state index >= 15 is 0 Å². The fourth-order valence-electron chi connectivity index (χ4n) is 3.40. The van der Waals surface area contributed by atoms with Gasteiger partial charge in [0.1, 0.15) is 28.7 Å². The summed E-state index contributed by atoms with van der Waals surface area (Å²) in [6.07, 6.45) is 1.68. The highest BCUT2D eigenvalue weighted by Gasteiger charge is 2.34. The molecule has 0 saturated heterocycles. The molecule has 1 aliphatic rings. The Morgan fingerprint density at radius 2 is 1.84 bits per heavy atom. The summed E-state index contributed by atoms with van der Waals surface area (Å²) in [6.45, 7) is 2.00. The Balaban J connectivity index is 1.58. The maximum Gasteiger partial charge on any atom is 0.344 e. The van der Waals surface area contributed by atoms with Gasteiger partial charge in [0.05, 0.1) is 16.0 Å². The topological polar surface area (TPSA) is 85.2 Å². The Kier molecular flexibility index (Phi) is 9.33. The summed E-state index contributed by atoms with van der Waals surface area (Å²) < 4.78 is 11.7. The molecule has 1 N–H and O–H groups in total. The first-order valence-electron chi connectivity index (χ1n) is 11.3. The number of thioether (sulfide) groups is 1. The molecular weight excluding hydrogens is 613 g/mol. The number of carbonyl (C=O) groups excluding carboxylic acids is 2. The van der Waals surface area contributed by atoms with Crippen molar-refractivity contribution in [2.24, 2.45) is 4.99 Å². The summed E-state index contributed by atoms with van der Waals surface area (Å²) in [5, 5.41) is 12.0. The molecule has 0 fully saturated rings. The van der Waals surface area contributed by atoms with Crippen LogP contribution in [0.15, 0.2) is 92.4 Å². The van der Waals surface area contributed by atoms with Crippen molar-refractivity contribution in [2.75, 3.05) is 6.61 Å². The van der Waals surface area contributed by atoms with Gasteiger partial charge in [-0.15, -0.1) is 0 Å². The highest BCUT2D eigenvalue weighted by atomic mass is 79.9. The molecule has 3 aromatic carbocycles. The highest BCUT2D eigenvalue weighted by molar-refractivity contribution is 9.10. The number of halogens is 3. The molecule has 4 rings (SSSR count). The van der Waals surface area contributed by atoms with E-state index in [0.29, 0.717) is 36.3 Å². The van der Waals surface area contributed by atoms with Crippen LogP contribution in [0.2, 0.25) is 10.0 Å². The molecule has 1 aliphatic heterocycles. The summed E-state index contributed by atoms with van der Waals surface area (Å²) >= 11 is 16.7. The van der Waals surface area contributed by atoms with Crippen LogP contribution < -0.4 is 4.74 Å². The molecule has 194 valence electrons. The van der Waals surface area contributed by atoms with Crippen LogP contribution in [0.5, 0.6) is 5.75 Å². The van der Waals surface area contributed by atoms with E-state index in [0.717, 1.165) is 17.3 Å². The number of carbonyl (C=O) groups is 2. The Morgan fingerprint density at radius 3 is 2.53 bits per heavy atom. The molecule has 1 amide bonds. The van der Waals surface area contributed by atoms with Crippen LogP contribution in [-0.2, 0) is 16.1 Å². The molecule has 0 saturated carbocycles. The molecule has 0 aliphatic carbocycles. The van der Waals surface area contributed by atoms with Crippen molar-refractivity contribution < 1.29 is 24.2 Å². The molecular formula is C28H20BrCl2NO5S. The first-order chi connectivity index (χ1) is 18.3. The van der Waals surface area contributed by atoms with E-state index in [9.17, 15) is 14.7 Å². The van der Waals surface area contributed by atoms with E-state index in [-0.39, 0.29) is 29.6 Å². The summed E-state index contributed by atoms with van der Waals surface area (Å²) in [7, 11) is 0. The predicted octanol–water partition coefficient (Wildman–Crippen LogP) is 8.04. The lowest BCUT2D eigenvalue weighted by molar-refractivity contribution is -0.138. The minimum atomic E-state index is -0.758. The molecule has 10 heteroatoms. The number of nitrogens with zero attached hydrogens (tertiary/aromatic N) is 1. The third kappa shape index (κ3) is 6.69. The number of ether oxygens (including phenoxy) is 2. The van der Waals surface area contributed by atoms with Gasteiger partial charge in [0.2, 0.25) is 0 Å².